The molecule has 2 aromatic rings. The summed E-state index contributed by atoms with van der Waals surface area (Å²) in [6.45, 7) is 0.356. The maximum atomic E-state index is 11.8. The average molecular weight is 291 g/mol. The lowest BCUT2D eigenvalue weighted by atomic mass is 10.1. The normalized spacial score (nSPS) is 10.9. The second-order valence-electron chi connectivity index (χ2n) is 4.12. The van der Waals surface area contributed by atoms with Crippen molar-refractivity contribution in [3.63, 3.8) is 0 Å². The monoisotopic (exact) mass is 290 g/mol. The van der Waals surface area contributed by atoms with Crippen molar-refractivity contribution in [1.82, 2.24) is 0 Å². The number of allylic oxidation sites excluding steroid dienone is 1. The Morgan fingerprint density at radius 2 is 1.90 bits per heavy atom. The van der Waals surface area contributed by atoms with Crippen LogP contribution in [0.4, 0.5) is 0 Å². The van der Waals surface area contributed by atoms with E-state index < -0.39 is 5.97 Å². The first-order chi connectivity index (χ1) is 9.76. The van der Waals surface area contributed by atoms with Crippen LogP contribution < -0.4 is 4.74 Å². The third-order valence-corrected chi connectivity index (χ3v) is 3.02. The second-order valence-corrected chi connectivity index (χ2v) is 4.43. The number of rotatable bonds is 5. The smallest absolute Gasteiger partial charge is 0.341 e. The van der Waals surface area contributed by atoms with E-state index in [0.29, 0.717) is 23.8 Å². The van der Waals surface area contributed by atoms with Crippen LogP contribution in [0.1, 0.15) is 10.4 Å². The van der Waals surface area contributed by atoms with Crippen molar-refractivity contribution in [3.05, 3.63) is 54.1 Å². The van der Waals surface area contributed by atoms with Gasteiger partial charge in [0.2, 0.25) is 0 Å². The highest BCUT2D eigenvalue weighted by atomic mass is 35.5. The summed E-state index contributed by atoms with van der Waals surface area (Å²) in [6.07, 6.45) is 3.60. The lowest BCUT2D eigenvalue weighted by molar-refractivity contribution is 0.0597. The molecule has 0 aromatic heterocycles. The summed E-state index contributed by atoms with van der Waals surface area (Å²) in [6, 6.07) is 11.4. The molecule has 0 aliphatic carbocycles. The topological polar surface area (TPSA) is 35.5 Å². The predicted octanol–water partition coefficient (Wildman–Crippen LogP) is 3.80. The van der Waals surface area contributed by atoms with E-state index in [1.54, 1.807) is 12.1 Å². The molecule has 0 aliphatic rings. The average Bonchev–Trinajstić information content (AvgIpc) is 2.50. The highest BCUT2D eigenvalue weighted by Crippen LogP contribution is 2.26. The van der Waals surface area contributed by atoms with Crippen LogP contribution in [-0.4, -0.2) is 25.6 Å². The lowest BCUT2D eigenvalue weighted by Gasteiger charge is -2.10. The first kappa shape index (κ1) is 14.4. The van der Waals surface area contributed by atoms with Gasteiger partial charge in [-0.15, -0.1) is 11.6 Å². The molecule has 0 spiro atoms. The van der Waals surface area contributed by atoms with Gasteiger partial charge in [0, 0.05) is 5.88 Å². The van der Waals surface area contributed by atoms with Crippen LogP contribution >= 0.6 is 11.6 Å². The van der Waals surface area contributed by atoms with Gasteiger partial charge in [0.25, 0.3) is 0 Å². The van der Waals surface area contributed by atoms with Crippen molar-refractivity contribution in [2.45, 2.75) is 0 Å². The van der Waals surface area contributed by atoms with E-state index in [0.717, 1.165) is 10.8 Å². The predicted molar refractivity (Wildman–Crippen MR) is 80.6 cm³/mol. The van der Waals surface area contributed by atoms with Crippen LogP contribution in [0.3, 0.4) is 0 Å². The van der Waals surface area contributed by atoms with Crippen molar-refractivity contribution in [1.29, 1.82) is 0 Å². The second kappa shape index (κ2) is 6.96. The van der Waals surface area contributed by atoms with Gasteiger partial charge in [-0.1, -0.05) is 36.4 Å². The van der Waals surface area contributed by atoms with Crippen molar-refractivity contribution >= 4 is 28.3 Å². The van der Waals surface area contributed by atoms with Gasteiger partial charge in [-0.2, -0.15) is 0 Å². The molecule has 3 nitrogen and oxygen atoms in total. The fourth-order valence-corrected chi connectivity index (χ4v) is 2.00. The summed E-state index contributed by atoms with van der Waals surface area (Å²) in [4.78, 5) is 11.8. The number of esters is 1. The summed E-state index contributed by atoms with van der Waals surface area (Å²) in [5.74, 6) is 0.534. The zero-order chi connectivity index (χ0) is 14.4. The molecule has 0 radical (unpaired) electrons. The number of benzene rings is 2. The minimum atomic E-state index is -0.410. The number of hydrogen-bond donors (Lipinski definition) is 0. The van der Waals surface area contributed by atoms with Crippen LogP contribution in [0, 0.1) is 0 Å². The van der Waals surface area contributed by atoms with Crippen LogP contribution in [0.5, 0.6) is 5.75 Å². The molecule has 0 atom stereocenters. The first-order valence-corrected chi connectivity index (χ1v) is 6.74. The van der Waals surface area contributed by atoms with E-state index in [1.807, 2.05) is 36.4 Å². The summed E-state index contributed by atoms with van der Waals surface area (Å²) in [5, 5.41) is 1.98. The Morgan fingerprint density at radius 3 is 2.55 bits per heavy atom. The third kappa shape index (κ3) is 3.31. The minimum absolute atomic E-state index is 0.356. The van der Waals surface area contributed by atoms with E-state index >= 15 is 0 Å². The van der Waals surface area contributed by atoms with Gasteiger partial charge < -0.3 is 9.47 Å². The standard InChI is InChI=1S/C16H15ClO3/c1-19-16(18)14-10-12-6-2-3-7-13(12)11-15(14)20-9-5-4-8-17/h2-7,10-11H,8-9H2,1H3. The summed E-state index contributed by atoms with van der Waals surface area (Å²) < 4.78 is 10.4. The number of methoxy groups -OCH3 is 1. The molecular formula is C16H15ClO3. The van der Waals surface area contributed by atoms with Crippen molar-refractivity contribution in [2.24, 2.45) is 0 Å². The Kier molecular flexibility index (Phi) is 5.02. The number of hydrogen-bond acceptors (Lipinski definition) is 3. The lowest BCUT2D eigenvalue weighted by Crippen LogP contribution is -2.06. The Balaban J connectivity index is 2.38. The Labute approximate surface area is 122 Å². The number of halogens is 1. The molecule has 4 heteroatoms. The summed E-state index contributed by atoms with van der Waals surface area (Å²) in [7, 11) is 1.36. The molecule has 0 N–H and O–H groups in total. The number of carbonyl (C=O) groups excluding carboxylic acids is 1. The van der Waals surface area contributed by atoms with Gasteiger partial charge >= 0.3 is 5.97 Å². The van der Waals surface area contributed by atoms with Crippen LogP contribution in [-0.2, 0) is 4.74 Å². The molecule has 20 heavy (non-hydrogen) atoms. The highest BCUT2D eigenvalue weighted by molar-refractivity contribution is 6.18. The molecular weight excluding hydrogens is 276 g/mol. The van der Waals surface area contributed by atoms with Crippen molar-refractivity contribution < 1.29 is 14.3 Å². The van der Waals surface area contributed by atoms with E-state index in [2.05, 4.69) is 0 Å². The van der Waals surface area contributed by atoms with Gasteiger partial charge in [-0.05, 0) is 22.9 Å². The van der Waals surface area contributed by atoms with E-state index in [1.165, 1.54) is 7.11 Å². The quantitative estimate of drug-likeness (QED) is 0.477. The van der Waals surface area contributed by atoms with E-state index in [4.69, 9.17) is 21.1 Å². The van der Waals surface area contributed by atoms with Crippen molar-refractivity contribution in [3.8, 4) is 5.75 Å². The summed E-state index contributed by atoms with van der Waals surface area (Å²) >= 11 is 5.55. The van der Waals surface area contributed by atoms with Gasteiger partial charge in [-0.3, -0.25) is 0 Å². The fraction of sp³-hybridized carbons (Fsp3) is 0.188. The Morgan fingerprint density at radius 1 is 1.20 bits per heavy atom. The number of alkyl halides is 1. The molecule has 0 bridgehead atoms. The van der Waals surface area contributed by atoms with E-state index in [-0.39, 0.29) is 0 Å². The van der Waals surface area contributed by atoms with E-state index in [9.17, 15) is 4.79 Å². The maximum Gasteiger partial charge on any atom is 0.341 e. The first-order valence-electron chi connectivity index (χ1n) is 6.21. The molecule has 0 unspecified atom stereocenters. The zero-order valence-corrected chi connectivity index (χ0v) is 11.9. The minimum Gasteiger partial charge on any atom is -0.489 e. The zero-order valence-electron chi connectivity index (χ0n) is 11.1. The van der Waals surface area contributed by atoms with Gasteiger partial charge in [-0.25, -0.2) is 4.79 Å². The Bertz CT molecular complexity index is 635. The van der Waals surface area contributed by atoms with Gasteiger partial charge in [0.1, 0.15) is 17.9 Å². The molecule has 2 rings (SSSR count). The highest BCUT2D eigenvalue weighted by Gasteiger charge is 2.14. The molecule has 104 valence electrons. The molecule has 0 saturated carbocycles. The largest absolute Gasteiger partial charge is 0.489 e. The Hall–Kier alpha value is -2.00. The maximum absolute atomic E-state index is 11.8. The molecule has 0 heterocycles. The van der Waals surface area contributed by atoms with Crippen LogP contribution in [0.2, 0.25) is 0 Å². The molecule has 0 aliphatic heterocycles. The third-order valence-electron chi connectivity index (χ3n) is 2.84. The summed E-state index contributed by atoms with van der Waals surface area (Å²) in [5.41, 5.74) is 0.422. The van der Waals surface area contributed by atoms with Gasteiger partial charge in [0.05, 0.1) is 7.11 Å². The van der Waals surface area contributed by atoms with Gasteiger partial charge in [0.15, 0.2) is 0 Å². The number of ether oxygens (including phenoxy) is 2. The molecule has 2 aromatic carbocycles. The van der Waals surface area contributed by atoms with Crippen LogP contribution in [0.15, 0.2) is 48.6 Å². The molecule has 0 saturated heterocycles. The SMILES string of the molecule is COC(=O)c1cc2ccccc2cc1OCC=CCCl. The molecule has 0 fully saturated rings. The number of carbonyl (C=O) groups is 1. The molecule has 0 amide bonds. The fourth-order valence-electron chi connectivity index (χ4n) is 1.88. The van der Waals surface area contributed by atoms with Crippen LogP contribution in [0.25, 0.3) is 10.8 Å². The number of fused-ring (bicyclic) bond motifs is 1. The van der Waals surface area contributed by atoms with Crippen molar-refractivity contribution in [2.75, 3.05) is 19.6 Å².